The predicted octanol–water partition coefficient (Wildman–Crippen LogP) is 3.88. The molecular formula is C23H25N5O2S. The van der Waals surface area contributed by atoms with Crippen molar-refractivity contribution in [2.45, 2.75) is 42.6 Å². The molecule has 1 heterocycles. The third-order valence-corrected chi connectivity index (χ3v) is 6.24. The smallest absolute Gasteiger partial charge is 0.321 e. The number of nitrogens with one attached hydrogen (secondary N) is 2. The summed E-state index contributed by atoms with van der Waals surface area (Å²) in [6, 6.07) is 19.1. The third kappa shape index (κ3) is 5.32. The van der Waals surface area contributed by atoms with Gasteiger partial charge in [-0.3, -0.25) is 10.1 Å². The summed E-state index contributed by atoms with van der Waals surface area (Å²) in [5.41, 5.74) is 1.95. The minimum absolute atomic E-state index is 0.385. The molecule has 4 rings (SSSR count). The first-order valence-corrected chi connectivity index (χ1v) is 11.3. The van der Waals surface area contributed by atoms with Crippen molar-refractivity contribution in [3.63, 3.8) is 0 Å². The molecule has 3 amide bonds. The largest absolute Gasteiger partial charge is 0.338 e. The molecule has 0 spiro atoms. The minimum atomic E-state index is -0.630. The summed E-state index contributed by atoms with van der Waals surface area (Å²) in [5.74, 6) is 0.997. The molecule has 0 saturated heterocycles. The Labute approximate surface area is 185 Å². The molecule has 160 valence electrons. The van der Waals surface area contributed by atoms with E-state index in [9.17, 15) is 9.59 Å². The quantitative estimate of drug-likeness (QED) is 0.524. The van der Waals surface area contributed by atoms with Gasteiger partial charge in [0.15, 0.2) is 5.16 Å². The van der Waals surface area contributed by atoms with Crippen LogP contribution in [0.25, 0.3) is 0 Å². The summed E-state index contributed by atoms with van der Waals surface area (Å²) in [6.45, 7) is 2.89. The number of carbonyl (C=O) groups excluding carboxylic acids is 2. The fourth-order valence-corrected chi connectivity index (χ4v) is 4.38. The first kappa shape index (κ1) is 21.1. The van der Waals surface area contributed by atoms with Crippen molar-refractivity contribution in [2.75, 3.05) is 6.54 Å². The second kappa shape index (κ2) is 9.78. The lowest BCUT2D eigenvalue weighted by molar-refractivity contribution is -0.119. The number of hydrogen-bond acceptors (Lipinski definition) is 5. The van der Waals surface area contributed by atoms with Crippen LogP contribution in [-0.4, -0.2) is 33.2 Å². The first-order valence-electron chi connectivity index (χ1n) is 10.4. The average Bonchev–Trinajstić information content (AvgIpc) is 3.55. The molecule has 7 nitrogen and oxygen atoms in total. The zero-order valence-electron chi connectivity index (χ0n) is 17.3. The summed E-state index contributed by atoms with van der Waals surface area (Å²) in [4.78, 5) is 25.0. The van der Waals surface area contributed by atoms with Gasteiger partial charge in [0, 0.05) is 12.5 Å². The lowest BCUT2D eigenvalue weighted by Gasteiger charge is -2.17. The third-order valence-electron chi connectivity index (χ3n) is 5.01. The van der Waals surface area contributed by atoms with Gasteiger partial charge in [-0.15, -0.1) is 10.2 Å². The van der Waals surface area contributed by atoms with Gasteiger partial charge in [-0.05, 0) is 30.9 Å². The molecule has 2 aromatic carbocycles. The first-order chi connectivity index (χ1) is 15.2. The van der Waals surface area contributed by atoms with E-state index in [4.69, 9.17) is 0 Å². The van der Waals surface area contributed by atoms with Crippen LogP contribution in [0.3, 0.4) is 0 Å². The van der Waals surface area contributed by atoms with E-state index in [1.165, 1.54) is 11.8 Å². The van der Waals surface area contributed by atoms with Gasteiger partial charge in [0.2, 0.25) is 5.91 Å². The fourth-order valence-electron chi connectivity index (χ4n) is 3.33. The highest BCUT2D eigenvalue weighted by Gasteiger charge is 2.32. The molecule has 31 heavy (non-hydrogen) atoms. The van der Waals surface area contributed by atoms with Gasteiger partial charge in [-0.25, -0.2) is 4.79 Å². The fraction of sp³-hybridized carbons (Fsp3) is 0.304. The summed E-state index contributed by atoms with van der Waals surface area (Å²) < 4.78 is 2.10. The Morgan fingerprint density at radius 1 is 1.06 bits per heavy atom. The number of aromatic nitrogens is 3. The average molecular weight is 436 g/mol. The van der Waals surface area contributed by atoms with Crippen molar-refractivity contribution in [3.8, 4) is 0 Å². The van der Waals surface area contributed by atoms with Crippen LogP contribution in [0.5, 0.6) is 0 Å². The Morgan fingerprint density at radius 2 is 1.74 bits per heavy atom. The molecule has 1 saturated carbocycles. The van der Waals surface area contributed by atoms with E-state index in [-0.39, 0.29) is 5.91 Å². The second-order valence-corrected chi connectivity index (χ2v) is 8.52. The number of urea groups is 1. The van der Waals surface area contributed by atoms with E-state index < -0.39 is 11.3 Å². The molecule has 1 fully saturated rings. The van der Waals surface area contributed by atoms with Gasteiger partial charge in [-0.1, -0.05) is 72.4 Å². The zero-order chi connectivity index (χ0) is 21.6. The van der Waals surface area contributed by atoms with Crippen LogP contribution >= 0.6 is 11.8 Å². The summed E-state index contributed by atoms with van der Waals surface area (Å²) in [5, 5.41) is 14.0. The topological polar surface area (TPSA) is 88.9 Å². The van der Waals surface area contributed by atoms with Crippen LogP contribution in [0.1, 0.15) is 47.9 Å². The van der Waals surface area contributed by atoms with Crippen molar-refractivity contribution in [3.05, 3.63) is 77.6 Å². The molecule has 1 aliphatic carbocycles. The lowest BCUT2D eigenvalue weighted by atomic mass is 10.1. The van der Waals surface area contributed by atoms with Crippen molar-refractivity contribution < 1.29 is 9.59 Å². The molecule has 1 aromatic heterocycles. The van der Waals surface area contributed by atoms with Crippen molar-refractivity contribution in [2.24, 2.45) is 0 Å². The Hall–Kier alpha value is -3.13. The summed E-state index contributed by atoms with van der Waals surface area (Å²) >= 11 is 1.32. The van der Waals surface area contributed by atoms with Crippen LogP contribution in [0.2, 0.25) is 0 Å². The molecule has 1 aliphatic rings. The van der Waals surface area contributed by atoms with Crippen molar-refractivity contribution in [1.82, 2.24) is 25.4 Å². The SMILES string of the molecule is CCNC(=O)NC(=O)C(Sc1nnc(C2CC2)n1Cc1ccccc1)c1ccccc1. The van der Waals surface area contributed by atoms with Gasteiger partial charge < -0.3 is 9.88 Å². The predicted molar refractivity (Wildman–Crippen MR) is 120 cm³/mol. The molecule has 0 aliphatic heterocycles. The van der Waals surface area contributed by atoms with E-state index in [0.29, 0.717) is 24.2 Å². The van der Waals surface area contributed by atoms with E-state index >= 15 is 0 Å². The molecule has 3 aromatic rings. The van der Waals surface area contributed by atoms with Crippen molar-refractivity contribution in [1.29, 1.82) is 0 Å². The maximum Gasteiger partial charge on any atom is 0.321 e. The van der Waals surface area contributed by atoms with Crippen LogP contribution in [0.15, 0.2) is 65.8 Å². The number of amides is 3. The number of hydrogen-bond donors (Lipinski definition) is 2. The minimum Gasteiger partial charge on any atom is -0.338 e. The van der Waals surface area contributed by atoms with Gasteiger partial charge in [0.1, 0.15) is 11.1 Å². The molecule has 8 heteroatoms. The summed E-state index contributed by atoms with van der Waals surface area (Å²) in [6.07, 6.45) is 2.22. The van der Waals surface area contributed by atoms with E-state index in [0.717, 1.165) is 29.8 Å². The standard InChI is InChI=1S/C23H25N5O2S/c1-2-24-22(30)25-21(29)19(17-11-7-4-8-12-17)31-23-27-26-20(18-13-14-18)28(23)15-16-9-5-3-6-10-16/h3-12,18-19H,2,13-15H2,1H3,(H2,24,25,29,30). The Balaban J connectivity index is 1.63. The molecule has 0 radical (unpaired) electrons. The maximum atomic E-state index is 13.0. The Kier molecular flexibility index (Phi) is 6.66. The van der Waals surface area contributed by atoms with Gasteiger partial charge >= 0.3 is 6.03 Å². The monoisotopic (exact) mass is 435 g/mol. The maximum absolute atomic E-state index is 13.0. The molecule has 0 bridgehead atoms. The number of rotatable bonds is 8. The van der Waals surface area contributed by atoms with Crippen LogP contribution in [0.4, 0.5) is 4.79 Å². The van der Waals surface area contributed by atoms with Crippen LogP contribution in [-0.2, 0) is 11.3 Å². The number of carbonyl (C=O) groups is 2. The lowest BCUT2D eigenvalue weighted by Crippen LogP contribution is -2.41. The van der Waals surface area contributed by atoms with E-state index in [2.05, 4.69) is 37.5 Å². The Bertz CT molecular complexity index is 1030. The number of nitrogens with zero attached hydrogens (tertiary/aromatic N) is 3. The Morgan fingerprint density at radius 3 is 2.39 bits per heavy atom. The van der Waals surface area contributed by atoms with Gasteiger partial charge in [-0.2, -0.15) is 0 Å². The molecule has 1 unspecified atom stereocenters. The molecule has 2 N–H and O–H groups in total. The zero-order valence-corrected chi connectivity index (χ0v) is 18.1. The number of imide groups is 1. The van der Waals surface area contributed by atoms with Crippen LogP contribution < -0.4 is 10.6 Å². The normalized spacial score (nSPS) is 14.1. The van der Waals surface area contributed by atoms with Gasteiger partial charge in [0.05, 0.1) is 6.54 Å². The highest BCUT2D eigenvalue weighted by atomic mass is 32.2. The molecule has 1 atom stereocenters. The van der Waals surface area contributed by atoms with E-state index in [1.54, 1.807) is 6.92 Å². The molecular weight excluding hydrogens is 410 g/mol. The summed E-state index contributed by atoms with van der Waals surface area (Å²) in [7, 11) is 0. The number of benzene rings is 2. The van der Waals surface area contributed by atoms with Crippen molar-refractivity contribution >= 4 is 23.7 Å². The van der Waals surface area contributed by atoms with Gasteiger partial charge in [0.25, 0.3) is 0 Å². The second-order valence-electron chi connectivity index (χ2n) is 7.44. The van der Waals surface area contributed by atoms with E-state index in [1.807, 2.05) is 48.5 Å². The van der Waals surface area contributed by atoms with Crippen LogP contribution in [0, 0.1) is 0 Å². The highest BCUT2D eigenvalue weighted by molar-refractivity contribution is 8.00. The highest BCUT2D eigenvalue weighted by Crippen LogP contribution is 2.42. The number of thioether (sulfide) groups is 1.